The molecule has 0 radical (unpaired) electrons. The Kier molecular flexibility index (Phi) is 10.4. The fourth-order valence-corrected chi connectivity index (χ4v) is 5.71. The van der Waals surface area contributed by atoms with Gasteiger partial charge in [-0.2, -0.15) is 0 Å². The van der Waals surface area contributed by atoms with Gasteiger partial charge in [0.15, 0.2) is 0 Å². The van der Waals surface area contributed by atoms with E-state index >= 15 is 0 Å². The highest BCUT2D eigenvalue weighted by Gasteiger charge is 2.24. The lowest BCUT2D eigenvalue weighted by Gasteiger charge is -2.33. The molecule has 0 fully saturated rings. The zero-order valence-corrected chi connectivity index (χ0v) is 25.1. The van der Waals surface area contributed by atoms with Gasteiger partial charge in [-0.3, -0.25) is 9.59 Å². The summed E-state index contributed by atoms with van der Waals surface area (Å²) < 4.78 is 17.2. The van der Waals surface area contributed by atoms with Gasteiger partial charge in [-0.25, -0.2) is 0 Å². The molecular formula is C32H33ClN2O5S. The van der Waals surface area contributed by atoms with E-state index in [4.69, 9.17) is 25.8 Å². The van der Waals surface area contributed by atoms with Crippen LogP contribution in [-0.2, 0) is 25.6 Å². The van der Waals surface area contributed by atoms with Crippen molar-refractivity contribution in [2.75, 3.05) is 37.1 Å². The van der Waals surface area contributed by atoms with Crippen molar-refractivity contribution in [2.24, 2.45) is 0 Å². The number of anilines is 2. The Hall–Kier alpha value is -3.88. The van der Waals surface area contributed by atoms with Crippen molar-refractivity contribution in [2.45, 2.75) is 30.8 Å². The molecule has 41 heavy (non-hydrogen) atoms. The van der Waals surface area contributed by atoms with Gasteiger partial charge in [-0.1, -0.05) is 54.1 Å². The van der Waals surface area contributed by atoms with E-state index in [1.165, 1.54) is 26.2 Å². The van der Waals surface area contributed by atoms with Crippen LogP contribution in [0.1, 0.15) is 18.9 Å². The highest BCUT2D eigenvalue weighted by Crippen LogP contribution is 2.40. The van der Waals surface area contributed by atoms with Crippen molar-refractivity contribution in [1.82, 2.24) is 0 Å². The van der Waals surface area contributed by atoms with E-state index in [1.54, 1.807) is 7.11 Å². The molecule has 0 heterocycles. The fourth-order valence-electron chi connectivity index (χ4n) is 4.57. The van der Waals surface area contributed by atoms with Gasteiger partial charge >= 0.3 is 11.9 Å². The Morgan fingerprint density at radius 1 is 0.805 bits per heavy atom. The van der Waals surface area contributed by atoms with Crippen LogP contribution in [0, 0.1) is 0 Å². The number of carbonyl (C=O) groups excluding carboxylic acids is 2. The Labute approximate surface area is 250 Å². The summed E-state index contributed by atoms with van der Waals surface area (Å²) in [5, 5.41) is 2.58. The van der Waals surface area contributed by atoms with Crippen LogP contribution < -0.4 is 13.9 Å². The topological polar surface area (TPSA) is 68.3 Å². The SMILES string of the molecule is COC(=O)CC(C)N(Cc1ccccc1Cl)c1ccc(N(CC(=O)OC)Sc2ccc(OC)cc2)c2ccccc12. The van der Waals surface area contributed by atoms with Crippen molar-refractivity contribution < 1.29 is 23.8 Å². The molecule has 0 amide bonds. The number of nitrogens with zero attached hydrogens (tertiary/aromatic N) is 2. The van der Waals surface area contributed by atoms with Crippen molar-refractivity contribution in [3.8, 4) is 5.75 Å². The third-order valence-electron chi connectivity index (χ3n) is 6.75. The maximum atomic E-state index is 12.5. The molecule has 4 aromatic rings. The zero-order chi connectivity index (χ0) is 29.4. The Morgan fingerprint density at radius 3 is 2.05 bits per heavy atom. The van der Waals surface area contributed by atoms with Gasteiger partial charge in [-0.05, 0) is 66.9 Å². The first kappa shape index (κ1) is 30.1. The van der Waals surface area contributed by atoms with E-state index in [-0.39, 0.29) is 30.9 Å². The molecule has 0 spiro atoms. The summed E-state index contributed by atoms with van der Waals surface area (Å²) in [4.78, 5) is 27.9. The average molecular weight is 593 g/mol. The van der Waals surface area contributed by atoms with E-state index in [9.17, 15) is 9.59 Å². The van der Waals surface area contributed by atoms with Gasteiger partial charge in [0, 0.05) is 39.0 Å². The predicted octanol–water partition coefficient (Wildman–Crippen LogP) is 7.15. The maximum absolute atomic E-state index is 12.5. The van der Waals surface area contributed by atoms with Gasteiger partial charge in [0.25, 0.3) is 0 Å². The molecule has 0 aliphatic rings. The third-order valence-corrected chi connectivity index (χ3v) is 8.15. The van der Waals surface area contributed by atoms with Crippen LogP contribution in [0.3, 0.4) is 0 Å². The number of carbonyl (C=O) groups is 2. The van der Waals surface area contributed by atoms with Gasteiger partial charge < -0.3 is 23.4 Å². The third kappa shape index (κ3) is 7.45. The van der Waals surface area contributed by atoms with Crippen LogP contribution >= 0.6 is 23.5 Å². The number of rotatable bonds is 12. The largest absolute Gasteiger partial charge is 0.497 e. The van der Waals surface area contributed by atoms with Crippen molar-refractivity contribution in [3.05, 3.63) is 95.5 Å². The van der Waals surface area contributed by atoms with Crippen molar-refractivity contribution >= 4 is 57.6 Å². The molecule has 0 bridgehead atoms. The standard InChI is InChI=1S/C32H33ClN2O5S/c1-22(19-31(36)39-3)34(20-23-9-5-8-12-28(23)33)29-17-18-30(27-11-7-6-10-26(27)29)35(21-32(37)40-4)41-25-15-13-24(38-2)14-16-25/h5-18,22H,19-21H2,1-4H3. The Bertz CT molecular complexity index is 1500. The van der Waals surface area contributed by atoms with E-state index in [0.717, 1.165) is 38.4 Å². The summed E-state index contributed by atoms with van der Waals surface area (Å²) in [5.74, 6) is 0.109. The van der Waals surface area contributed by atoms with Crippen LogP contribution in [0.5, 0.6) is 5.75 Å². The highest BCUT2D eigenvalue weighted by molar-refractivity contribution is 8.00. The number of ether oxygens (including phenoxy) is 3. The summed E-state index contributed by atoms with van der Waals surface area (Å²) in [6, 6.07) is 27.2. The number of esters is 2. The van der Waals surface area contributed by atoms with Crippen molar-refractivity contribution in [3.63, 3.8) is 0 Å². The first-order valence-electron chi connectivity index (χ1n) is 13.1. The molecule has 0 aliphatic heterocycles. The quantitative estimate of drug-likeness (QED) is 0.127. The normalized spacial score (nSPS) is 11.5. The smallest absolute Gasteiger partial charge is 0.326 e. The molecule has 0 aliphatic carbocycles. The van der Waals surface area contributed by atoms with Gasteiger partial charge in [0.1, 0.15) is 12.3 Å². The molecule has 7 nitrogen and oxygen atoms in total. The van der Waals surface area contributed by atoms with E-state index in [1.807, 2.05) is 96.2 Å². The monoisotopic (exact) mass is 592 g/mol. The summed E-state index contributed by atoms with van der Waals surface area (Å²) in [6.45, 7) is 2.53. The lowest BCUT2D eigenvalue weighted by Crippen LogP contribution is -2.35. The molecule has 1 atom stereocenters. The lowest BCUT2D eigenvalue weighted by molar-refractivity contribution is -0.141. The van der Waals surface area contributed by atoms with Crippen molar-refractivity contribution in [1.29, 1.82) is 0 Å². The number of methoxy groups -OCH3 is 3. The molecule has 4 rings (SSSR count). The van der Waals surface area contributed by atoms with Crippen LogP contribution in [0.15, 0.2) is 89.8 Å². The molecule has 9 heteroatoms. The van der Waals surface area contributed by atoms with E-state index in [2.05, 4.69) is 4.90 Å². The van der Waals surface area contributed by atoms with E-state index in [0.29, 0.717) is 11.6 Å². The summed E-state index contributed by atoms with van der Waals surface area (Å²) >= 11 is 8.00. The second-order valence-corrected chi connectivity index (χ2v) is 10.9. The molecule has 0 N–H and O–H groups in total. The number of fused-ring (bicyclic) bond motifs is 1. The Morgan fingerprint density at radius 2 is 1.41 bits per heavy atom. The molecule has 214 valence electrons. The Balaban J connectivity index is 1.80. The van der Waals surface area contributed by atoms with Crippen LogP contribution in [-0.4, -0.2) is 45.9 Å². The zero-order valence-electron chi connectivity index (χ0n) is 23.5. The van der Waals surface area contributed by atoms with Crippen LogP contribution in [0.2, 0.25) is 5.02 Å². The van der Waals surface area contributed by atoms with Crippen LogP contribution in [0.4, 0.5) is 11.4 Å². The predicted molar refractivity (Wildman–Crippen MR) is 166 cm³/mol. The average Bonchev–Trinajstić information content (AvgIpc) is 3.00. The van der Waals surface area contributed by atoms with E-state index < -0.39 is 0 Å². The van der Waals surface area contributed by atoms with Gasteiger partial charge in [-0.15, -0.1) is 0 Å². The summed E-state index contributed by atoms with van der Waals surface area (Å²) in [6.07, 6.45) is 0.207. The second kappa shape index (κ2) is 14.1. The first-order valence-corrected chi connectivity index (χ1v) is 14.2. The number of halogens is 1. The summed E-state index contributed by atoms with van der Waals surface area (Å²) in [5.41, 5.74) is 2.74. The fraction of sp³-hybridized carbons (Fsp3) is 0.250. The number of hydrogen-bond acceptors (Lipinski definition) is 8. The highest BCUT2D eigenvalue weighted by atomic mass is 35.5. The first-order chi connectivity index (χ1) is 19.8. The minimum absolute atomic E-state index is 0.0403. The molecular weight excluding hydrogens is 560 g/mol. The number of hydrogen-bond donors (Lipinski definition) is 0. The van der Waals surface area contributed by atoms with Gasteiger partial charge in [0.2, 0.25) is 0 Å². The molecule has 0 aromatic heterocycles. The molecule has 0 saturated carbocycles. The minimum atomic E-state index is -0.355. The molecule has 4 aromatic carbocycles. The maximum Gasteiger partial charge on any atom is 0.326 e. The van der Waals surface area contributed by atoms with Gasteiger partial charge in [0.05, 0.1) is 33.4 Å². The second-order valence-electron chi connectivity index (χ2n) is 9.38. The minimum Gasteiger partial charge on any atom is -0.497 e. The lowest BCUT2D eigenvalue weighted by atomic mass is 10.0. The molecule has 0 saturated heterocycles. The summed E-state index contributed by atoms with van der Waals surface area (Å²) in [7, 11) is 4.41. The molecule has 1 unspecified atom stereocenters. The number of benzene rings is 4. The van der Waals surface area contributed by atoms with Crippen LogP contribution in [0.25, 0.3) is 10.8 Å².